The molecule has 1 unspecified atom stereocenters. The molecule has 0 radical (unpaired) electrons. The first-order valence-electron chi connectivity index (χ1n) is 6.15. The maximum absolute atomic E-state index is 11.6. The van der Waals surface area contributed by atoms with Crippen LogP contribution >= 0.6 is 11.8 Å². The SMILES string of the molecule is CSCC[C@@H](NC(=O)NC(C)CC(C)C)C(=O)O. The Morgan fingerprint density at radius 3 is 2.28 bits per heavy atom. The van der Waals surface area contributed by atoms with Gasteiger partial charge in [-0.3, -0.25) is 0 Å². The molecule has 0 aliphatic carbocycles. The van der Waals surface area contributed by atoms with E-state index in [0.717, 1.165) is 6.42 Å². The van der Waals surface area contributed by atoms with Gasteiger partial charge >= 0.3 is 12.0 Å². The van der Waals surface area contributed by atoms with Crippen LogP contribution in [0.1, 0.15) is 33.6 Å². The quantitative estimate of drug-likeness (QED) is 0.633. The molecule has 5 nitrogen and oxygen atoms in total. The van der Waals surface area contributed by atoms with Crippen molar-refractivity contribution < 1.29 is 14.7 Å². The van der Waals surface area contributed by atoms with Gasteiger partial charge in [-0.15, -0.1) is 0 Å². The lowest BCUT2D eigenvalue weighted by atomic mass is 10.1. The Hall–Kier alpha value is -0.910. The highest BCUT2D eigenvalue weighted by Gasteiger charge is 2.20. The molecule has 0 aromatic carbocycles. The molecule has 0 aromatic rings. The Morgan fingerprint density at radius 2 is 1.83 bits per heavy atom. The van der Waals surface area contributed by atoms with Crippen molar-refractivity contribution in [2.75, 3.05) is 12.0 Å². The summed E-state index contributed by atoms with van der Waals surface area (Å²) in [5.41, 5.74) is 0. The van der Waals surface area contributed by atoms with E-state index in [1.807, 2.05) is 13.2 Å². The zero-order chi connectivity index (χ0) is 14.1. The van der Waals surface area contributed by atoms with Crippen molar-refractivity contribution in [3.8, 4) is 0 Å². The molecule has 0 saturated heterocycles. The molecule has 3 N–H and O–H groups in total. The Bertz CT molecular complexity index is 272. The van der Waals surface area contributed by atoms with Crippen molar-refractivity contribution in [2.24, 2.45) is 5.92 Å². The number of aliphatic carboxylic acids is 1. The zero-order valence-corrected chi connectivity index (χ0v) is 12.3. The molecule has 2 amide bonds. The summed E-state index contributed by atoms with van der Waals surface area (Å²) in [6.07, 6.45) is 3.21. The minimum Gasteiger partial charge on any atom is -0.480 e. The molecule has 0 heterocycles. The summed E-state index contributed by atoms with van der Waals surface area (Å²) in [4.78, 5) is 22.6. The number of amides is 2. The molecule has 2 atom stereocenters. The second kappa shape index (κ2) is 9.08. The van der Waals surface area contributed by atoms with E-state index in [9.17, 15) is 9.59 Å². The first-order valence-corrected chi connectivity index (χ1v) is 7.55. The van der Waals surface area contributed by atoms with Crippen molar-refractivity contribution in [3.05, 3.63) is 0 Å². The third-order valence-electron chi connectivity index (χ3n) is 2.42. The number of thioether (sulfide) groups is 1. The number of hydrogen-bond acceptors (Lipinski definition) is 3. The fourth-order valence-corrected chi connectivity index (χ4v) is 2.15. The number of carboxylic acid groups (broad SMARTS) is 1. The maximum atomic E-state index is 11.6. The monoisotopic (exact) mass is 276 g/mol. The van der Waals surface area contributed by atoms with Gasteiger partial charge in [0.1, 0.15) is 6.04 Å². The molecule has 0 saturated carbocycles. The minimum atomic E-state index is -0.990. The smallest absolute Gasteiger partial charge is 0.326 e. The van der Waals surface area contributed by atoms with Crippen LogP contribution in [0.3, 0.4) is 0 Å². The zero-order valence-electron chi connectivity index (χ0n) is 11.5. The first-order chi connectivity index (χ1) is 8.36. The van der Waals surface area contributed by atoms with Crippen molar-refractivity contribution in [2.45, 2.75) is 45.7 Å². The van der Waals surface area contributed by atoms with Crippen LogP contribution in [-0.2, 0) is 4.79 Å². The van der Waals surface area contributed by atoms with E-state index in [0.29, 0.717) is 18.1 Å². The molecular weight excluding hydrogens is 252 g/mol. The minimum absolute atomic E-state index is 0.0417. The summed E-state index contributed by atoms with van der Waals surface area (Å²) in [5.74, 6) is 0.210. The van der Waals surface area contributed by atoms with Gasteiger partial charge in [0.05, 0.1) is 0 Å². The van der Waals surface area contributed by atoms with E-state index < -0.39 is 18.0 Å². The lowest BCUT2D eigenvalue weighted by Gasteiger charge is -2.19. The molecule has 0 aromatic heterocycles. The fourth-order valence-electron chi connectivity index (χ4n) is 1.68. The van der Waals surface area contributed by atoms with Gasteiger partial charge < -0.3 is 15.7 Å². The Morgan fingerprint density at radius 1 is 1.22 bits per heavy atom. The summed E-state index contributed by atoms with van der Waals surface area (Å²) < 4.78 is 0. The highest BCUT2D eigenvalue weighted by atomic mass is 32.2. The van der Waals surface area contributed by atoms with E-state index in [1.165, 1.54) is 0 Å². The van der Waals surface area contributed by atoms with E-state index >= 15 is 0 Å². The number of carboxylic acids is 1. The number of nitrogens with one attached hydrogen (secondary N) is 2. The van der Waals surface area contributed by atoms with Crippen LogP contribution in [0.4, 0.5) is 4.79 Å². The number of carbonyl (C=O) groups is 2. The van der Waals surface area contributed by atoms with Crippen molar-refractivity contribution in [1.29, 1.82) is 0 Å². The summed E-state index contributed by atoms with van der Waals surface area (Å²) in [7, 11) is 0. The topological polar surface area (TPSA) is 78.4 Å². The third-order valence-corrected chi connectivity index (χ3v) is 3.06. The van der Waals surface area contributed by atoms with Crippen LogP contribution in [0.5, 0.6) is 0 Å². The van der Waals surface area contributed by atoms with Gasteiger partial charge in [-0.2, -0.15) is 11.8 Å². The molecule has 0 rings (SSSR count). The molecular formula is C12H24N2O3S. The molecule has 0 bridgehead atoms. The summed E-state index contributed by atoms with van der Waals surface area (Å²) >= 11 is 1.56. The fraction of sp³-hybridized carbons (Fsp3) is 0.833. The van der Waals surface area contributed by atoms with Crippen molar-refractivity contribution >= 4 is 23.8 Å². The van der Waals surface area contributed by atoms with Crippen LogP contribution in [0, 0.1) is 5.92 Å². The molecule has 0 fully saturated rings. The van der Waals surface area contributed by atoms with Gasteiger partial charge in [-0.25, -0.2) is 9.59 Å². The first kappa shape index (κ1) is 17.1. The molecule has 18 heavy (non-hydrogen) atoms. The van der Waals surface area contributed by atoms with Gasteiger partial charge in [-0.05, 0) is 37.7 Å². The largest absolute Gasteiger partial charge is 0.480 e. The van der Waals surface area contributed by atoms with E-state index in [1.54, 1.807) is 11.8 Å². The average Bonchev–Trinajstić information content (AvgIpc) is 2.22. The summed E-state index contributed by atoms with van der Waals surface area (Å²) in [6, 6.07) is -1.18. The molecule has 106 valence electrons. The van der Waals surface area contributed by atoms with Crippen LogP contribution in [0.2, 0.25) is 0 Å². The summed E-state index contributed by atoms with van der Waals surface area (Å²) in [5, 5.41) is 14.2. The second-order valence-corrected chi connectivity index (χ2v) is 5.81. The van der Waals surface area contributed by atoms with E-state index in [4.69, 9.17) is 5.11 Å². The van der Waals surface area contributed by atoms with E-state index in [-0.39, 0.29) is 6.04 Å². The normalized spacial score (nSPS) is 14.1. The van der Waals surface area contributed by atoms with Crippen molar-refractivity contribution in [3.63, 3.8) is 0 Å². The Balaban J connectivity index is 4.12. The molecule has 6 heteroatoms. The lowest BCUT2D eigenvalue weighted by Crippen LogP contribution is -2.48. The summed E-state index contributed by atoms with van der Waals surface area (Å²) in [6.45, 7) is 6.07. The molecule has 0 spiro atoms. The number of carbonyl (C=O) groups excluding carboxylic acids is 1. The van der Waals surface area contributed by atoms with E-state index in [2.05, 4.69) is 24.5 Å². The Kier molecular flexibility index (Phi) is 8.62. The maximum Gasteiger partial charge on any atom is 0.326 e. The van der Waals surface area contributed by atoms with Gasteiger partial charge in [0.2, 0.25) is 0 Å². The predicted octanol–water partition coefficient (Wildman–Crippen LogP) is 1.93. The second-order valence-electron chi connectivity index (χ2n) is 4.82. The van der Waals surface area contributed by atoms with Crippen molar-refractivity contribution in [1.82, 2.24) is 10.6 Å². The van der Waals surface area contributed by atoms with Gasteiger partial charge in [0.25, 0.3) is 0 Å². The third kappa shape index (κ3) is 8.22. The van der Waals surface area contributed by atoms with Crippen LogP contribution in [0.15, 0.2) is 0 Å². The highest BCUT2D eigenvalue weighted by Crippen LogP contribution is 2.04. The predicted molar refractivity (Wildman–Crippen MR) is 75.0 cm³/mol. The van der Waals surface area contributed by atoms with Gasteiger partial charge in [-0.1, -0.05) is 13.8 Å². The number of rotatable bonds is 8. The number of urea groups is 1. The van der Waals surface area contributed by atoms with Crippen LogP contribution in [-0.4, -0.2) is 41.2 Å². The molecule has 0 aliphatic rings. The lowest BCUT2D eigenvalue weighted by molar-refractivity contribution is -0.139. The Labute approximate surface area is 113 Å². The number of hydrogen-bond donors (Lipinski definition) is 3. The van der Waals surface area contributed by atoms with Crippen LogP contribution in [0.25, 0.3) is 0 Å². The average molecular weight is 276 g/mol. The van der Waals surface area contributed by atoms with Crippen LogP contribution < -0.4 is 10.6 Å². The standard InChI is InChI=1S/C12H24N2O3S/c1-8(2)7-9(3)13-12(17)14-10(11(15)16)5-6-18-4/h8-10H,5-7H2,1-4H3,(H,15,16)(H2,13,14,17)/t9?,10-/m1/s1. The molecule has 0 aliphatic heterocycles. The van der Waals surface area contributed by atoms with Gasteiger partial charge in [0.15, 0.2) is 0 Å². The van der Waals surface area contributed by atoms with Gasteiger partial charge in [0, 0.05) is 6.04 Å². The highest BCUT2D eigenvalue weighted by molar-refractivity contribution is 7.98.